The molecule has 1 heterocycles. The summed E-state index contributed by atoms with van der Waals surface area (Å²) in [6.45, 7) is 6.88. The van der Waals surface area contributed by atoms with Gasteiger partial charge < -0.3 is 15.2 Å². The van der Waals surface area contributed by atoms with Gasteiger partial charge in [-0.15, -0.1) is 0 Å². The highest BCUT2D eigenvalue weighted by Crippen LogP contribution is 1.94. The molecule has 6 heteroatoms. The van der Waals surface area contributed by atoms with Crippen molar-refractivity contribution in [2.24, 2.45) is 0 Å². The molecule has 0 aromatic carbocycles. The Morgan fingerprint density at radius 3 is 2.84 bits per heavy atom. The zero-order valence-electron chi connectivity index (χ0n) is 11.8. The van der Waals surface area contributed by atoms with Gasteiger partial charge in [-0.25, -0.2) is 4.98 Å². The fourth-order valence-corrected chi connectivity index (χ4v) is 1.56. The highest BCUT2D eigenvalue weighted by molar-refractivity contribution is 5.76. The van der Waals surface area contributed by atoms with E-state index in [1.165, 1.54) is 0 Å². The molecular weight excluding hydrogens is 244 g/mol. The molecule has 1 aromatic heterocycles. The summed E-state index contributed by atoms with van der Waals surface area (Å²) in [5.74, 6) is 0.272. The maximum absolute atomic E-state index is 11.8. The Hall–Kier alpha value is -1.85. The zero-order chi connectivity index (χ0) is 14.3. The number of nitrogens with zero attached hydrogens (tertiary/aromatic N) is 2. The molecule has 2 N–H and O–H groups in total. The number of carbonyl (C=O) groups excluding carboxylic acids is 1. The molecule has 1 atom stereocenters. The largest absolute Gasteiger partial charge is 0.365 e. The minimum absolute atomic E-state index is 0.0198. The maximum atomic E-state index is 11.8. The molecule has 0 aliphatic rings. The number of hydrogen-bond donors (Lipinski definition) is 2. The highest BCUT2D eigenvalue weighted by Gasteiger charge is 2.07. The van der Waals surface area contributed by atoms with Gasteiger partial charge in [-0.1, -0.05) is 6.92 Å². The lowest BCUT2D eigenvalue weighted by molar-refractivity contribution is -0.121. The van der Waals surface area contributed by atoms with E-state index in [1.807, 2.05) is 20.8 Å². The van der Waals surface area contributed by atoms with Gasteiger partial charge in [0, 0.05) is 37.9 Å². The summed E-state index contributed by atoms with van der Waals surface area (Å²) < 4.78 is 1.56. The number of aryl methyl sites for hydroxylation is 1. The van der Waals surface area contributed by atoms with E-state index in [2.05, 4.69) is 15.6 Å². The predicted molar refractivity (Wildman–Crippen MR) is 75.2 cm³/mol. The second kappa shape index (κ2) is 7.56. The van der Waals surface area contributed by atoms with Crippen LogP contribution >= 0.6 is 0 Å². The lowest BCUT2D eigenvalue weighted by Gasteiger charge is -2.11. The first kappa shape index (κ1) is 15.2. The van der Waals surface area contributed by atoms with Crippen molar-refractivity contribution < 1.29 is 4.79 Å². The van der Waals surface area contributed by atoms with Crippen LogP contribution in [0, 0.1) is 0 Å². The summed E-state index contributed by atoms with van der Waals surface area (Å²) in [6, 6.07) is 0.180. The number of nitrogens with one attached hydrogen (secondary N) is 2. The van der Waals surface area contributed by atoms with Crippen LogP contribution in [0.15, 0.2) is 17.2 Å². The number of carbonyl (C=O) groups is 1. The predicted octanol–water partition coefficient (Wildman–Crippen LogP) is 0.980. The summed E-state index contributed by atoms with van der Waals surface area (Å²) >= 11 is 0. The fourth-order valence-electron chi connectivity index (χ4n) is 1.56. The van der Waals surface area contributed by atoms with Gasteiger partial charge in [0.1, 0.15) is 0 Å². The first-order chi connectivity index (χ1) is 9.08. The Balaban J connectivity index is 2.46. The molecular formula is C13H22N4O2. The Bertz CT molecular complexity index is 470. The topological polar surface area (TPSA) is 76.0 Å². The van der Waals surface area contributed by atoms with E-state index in [-0.39, 0.29) is 17.5 Å². The molecule has 1 unspecified atom stereocenters. The molecule has 106 valence electrons. The molecule has 0 aliphatic heterocycles. The maximum Gasteiger partial charge on any atom is 0.293 e. The summed E-state index contributed by atoms with van der Waals surface area (Å²) in [5.41, 5.74) is -0.160. The number of aromatic nitrogens is 2. The van der Waals surface area contributed by atoms with Crippen LogP contribution < -0.4 is 16.2 Å². The van der Waals surface area contributed by atoms with Crippen molar-refractivity contribution in [3.05, 3.63) is 22.7 Å². The number of amides is 1. The molecule has 0 aliphatic carbocycles. The van der Waals surface area contributed by atoms with Crippen LogP contribution in [-0.2, 0) is 11.3 Å². The minimum Gasteiger partial charge on any atom is -0.365 e. The average Bonchev–Trinajstić information content (AvgIpc) is 2.40. The molecule has 1 amide bonds. The molecule has 0 saturated carbocycles. The van der Waals surface area contributed by atoms with Crippen LogP contribution in [0.1, 0.15) is 33.6 Å². The molecule has 1 aromatic rings. The highest BCUT2D eigenvalue weighted by atomic mass is 16.1. The van der Waals surface area contributed by atoms with Gasteiger partial charge >= 0.3 is 0 Å². The second-order valence-corrected chi connectivity index (χ2v) is 4.42. The van der Waals surface area contributed by atoms with Gasteiger partial charge in [-0.2, -0.15) is 0 Å². The van der Waals surface area contributed by atoms with E-state index in [1.54, 1.807) is 17.0 Å². The van der Waals surface area contributed by atoms with Gasteiger partial charge in [0.15, 0.2) is 5.82 Å². The smallest absolute Gasteiger partial charge is 0.293 e. The van der Waals surface area contributed by atoms with E-state index in [0.717, 1.165) is 6.42 Å². The van der Waals surface area contributed by atoms with E-state index < -0.39 is 0 Å². The van der Waals surface area contributed by atoms with Gasteiger partial charge in [0.2, 0.25) is 5.91 Å². The average molecular weight is 266 g/mol. The first-order valence-corrected chi connectivity index (χ1v) is 6.67. The molecule has 0 spiro atoms. The van der Waals surface area contributed by atoms with E-state index >= 15 is 0 Å². The SMILES string of the molecule is CCC(C)NC(=O)CCNc1nccn(CC)c1=O. The number of anilines is 1. The van der Waals surface area contributed by atoms with Crippen LogP contribution in [-0.4, -0.2) is 28.0 Å². The molecule has 0 bridgehead atoms. The van der Waals surface area contributed by atoms with Crippen LogP contribution in [0.25, 0.3) is 0 Å². The normalized spacial score (nSPS) is 11.9. The Kier molecular flexibility index (Phi) is 6.05. The third-order valence-electron chi connectivity index (χ3n) is 2.92. The monoisotopic (exact) mass is 266 g/mol. The summed E-state index contributed by atoms with van der Waals surface area (Å²) in [5, 5.41) is 5.77. The molecule has 0 saturated heterocycles. The molecule has 0 fully saturated rings. The fraction of sp³-hybridized carbons (Fsp3) is 0.615. The first-order valence-electron chi connectivity index (χ1n) is 6.67. The summed E-state index contributed by atoms with van der Waals surface area (Å²) in [4.78, 5) is 27.4. The van der Waals surface area contributed by atoms with Crippen LogP contribution in [0.3, 0.4) is 0 Å². The lowest BCUT2D eigenvalue weighted by atomic mass is 10.2. The summed E-state index contributed by atoms with van der Waals surface area (Å²) in [6.07, 6.45) is 4.45. The van der Waals surface area contributed by atoms with Crippen molar-refractivity contribution in [2.75, 3.05) is 11.9 Å². The third-order valence-corrected chi connectivity index (χ3v) is 2.92. The standard InChI is InChI=1S/C13H22N4O2/c1-4-10(3)16-11(18)6-7-14-12-13(19)17(5-2)9-8-15-12/h8-10H,4-7H2,1-3H3,(H,14,15)(H,16,18). The Morgan fingerprint density at radius 1 is 1.47 bits per heavy atom. The Morgan fingerprint density at radius 2 is 2.21 bits per heavy atom. The molecule has 19 heavy (non-hydrogen) atoms. The van der Waals surface area contributed by atoms with Crippen LogP contribution in [0.4, 0.5) is 5.82 Å². The Labute approximate surface area is 113 Å². The van der Waals surface area contributed by atoms with Gasteiger partial charge in [0.25, 0.3) is 5.56 Å². The van der Waals surface area contributed by atoms with Gasteiger partial charge in [-0.3, -0.25) is 9.59 Å². The van der Waals surface area contributed by atoms with Crippen molar-refractivity contribution in [3.8, 4) is 0 Å². The van der Waals surface area contributed by atoms with Gasteiger partial charge in [-0.05, 0) is 20.3 Å². The van der Waals surface area contributed by atoms with Crippen molar-refractivity contribution in [2.45, 2.75) is 46.2 Å². The van der Waals surface area contributed by atoms with Crippen molar-refractivity contribution in [3.63, 3.8) is 0 Å². The minimum atomic E-state index is -0.160. The lowest BCUT2D eigenvalue weighted by Crippen LogP contribution is -2.33. The molecule has 1 rings (SSSR count). The molecule has 0 radical (unpaired) electrons. The quantitative estimate of drug-likeness (QED) is 0.771. The number of hydrogen-bond acceptors (Lipinski definition) is 4. The van der Waals surface area contributed by atoms with Crippen LogP contribution in [0.5, 0.6) is 0 Å². The van der Waals surface area contributed by atoms with E-state index in [0.29, 0.717) is 25.3 Å². The van der Waals surface area contributed by atoms with Crippen molar-refractivity contribution >= 4 is 11.7 Å². The number of rotatable bonds is 7. The van der Waals surface area contributed by atoms with E-state index in [9.17, 15) is 9.59 Å². The van der Waals surface area contributed by atoms with E-state index in [4.69, 9.17) is 0 Å². The second-order valence-electron chi connectivity index (χ2n) is 4.42. The molecule has 6 nitrogen and oxygen atoms in total. The third kappa shape index (κ3) is 4.73. The zero-order valence-corrected chi connectivity index (χ0v) is 11.8. The van der Waals surface area contributed by atoms with Crippen molar-refractivity contribution in [1.29, 1.82) is 0 Å². The van der Waals surface area contributed by atoms with Crippen molar-refractivity contribution in [1.82, 2.24) is 14.9 Å². The van der Waals surface area contributed by atoms with Gasteiger partial charge in [0.05, 0.1) is 0 Å². The summed E-state index contributed by atoms with van der Waals surface area (Å²) in [7, 11) is 0. The van der Waals surface area contributed by atoms with Crippen LogP contribution in [0.2, 0.25) is 0 Å².